The second-order valence-corrected chi connectivity index (χ2v) is 6.60. The Hall–Kier alpha value is -0.133. The number of likely N-dealkylation sites (N-methyl/N-ethyl adjacent to an activating group) is 1. The average Bonchev–Trinajstić information content (AvgIpc) is 2.45. The van der Waals surface area contributed by atoms with Crippen LogP contribution in [-0.2, 0) is 0 Å². The molecule has 22 heavy (non-hydrogen) atoms. The van der Waals surface area contributed by atoms with Crippen molar-refractivity contribution < 1.29 is 18.9 Å². The number of unbranched alkanes of at least 4 members (excludes halogenated alkanes) is 3. The van der Waals surface area contributed by atoms with Crippen molar-refractivity contribution in [2.75, 3.05) is 33.2 Å². The minimum absolute atomic E-state index is 0. The molecule has 0 aromatic rings. The summed E-state index contributed by atoms with van der Waals surface area (Å²) in [5.41, 5.74) is 2.62. The van der Waals surface area contributed by atoms with Gasteiger partial charge in [0.1, 0.15) is 0 Å². The first kappa shape index (κ1) is 21.9. The Bertz CT molecular complexity index is 330. The molecule has 0 aromatic heterocycles. The number of nitrogens with zero attached hydrogens (tertiary/aromatic N) is 2. The van der Waals surface area contributed by atoms with Crippen LogP contribution in [-0.4, -0.2) is 49.1 Å². The van der Waals surface area contributed by atoms with Crippen molar-refractivity contribution in [1.29, 1.82) is 0 Å². The molecule has 0 amide bonds. The van der Waals surface area contributed by atoms with Gasteiger partial charge >= 0.3 is 18.9 Å². The van der Waals surface area contributed by atoms with Crippen molar-refractivity contribution in [3.05, 3.63) is 30.7 Å². The van der Waals surface area contributed by atoms with Gasteiger partial charge in [-0.25, -0.2) is 18.6 Å². The second-order valence-electron chi connectivity index (χ2n) is 6.60. The van der Waals surface area contributed by atoms with Crippen LogP contribution < -0.4 is 18.9 Å². The van der Waals surface area contributed by atoms with Gasteiger partial charge in [-0.2, -0.15) is 0 Å². The molecule has 0 bridgehead atoms. The van der Waals surface area contributed by atoms with Crippen molar-refractivity contribution in [1.82, 2.24) is 9.80 Å². The predicted octanol–water partition coefficient (Wildman–Crippen LogP) is 1.30. The summed E-state index contributed by atoms with van der Waals surface area (Å²) in [4.78, 5) is 5.01. The van der Waals surface area contributed by atoms with E-state index in [1.807, 2.05) is 0 Å². The molecule has 0 aliphatic carbocycles. The zero-order chi connectivity index (χ0) is 15.7. The van der Waals surface area contributed by atoms with Gasteiger partial charge in [-0.05, 0) is 20.4 Å². The molecule has 3 heteroatoms. The number of hydrogen-bond donors (Lipinski definition) is 0. The summed E-state index contributed by atoms with van der Waals surface area (Å²) in [7, 11) is 2.21. The first-order valence-corrected chi connectivity index (χ1v) is 8.63. The monoisotopic (exact) mass is 298 g/mol. The fraction of sp³-hybridized carbons (Fsp3) is 0.737. The van der Waals surface area contributed by atoms with E-state index in [2.05, 4.69) is 50.3 Å². The van der Waals surface area contributed by atoms with Crippen molar-refractivity contribution in [3.63, 3.8) is 0 Å². The minimum Gasteiger partial charge on any atom is -0.304 e. The third-order valence-electron chi connectivity index (χ3n) is 4.53. The van der Waals surface area contributed by atoms with Gasteiger partial charge in [0, 0.05) is 32.2 Å². The molecule has 122 valence electrons. The SMILES string of the molecule is C=C(C)C(CC/C([CH2-])=C/CCCCC)N1CCN(C)CC1.[Li+]. The summed E-state index contributed by atoms with van der Waals surface area (Å²) < 4.78 is 0. The maximum atomic E-state index is 4.23. The molecule has 1 rings (SSSR count). The van der Waals surface area contributed by atoms with Crippen LogP contribution in [0.3, 0.4) is 0 Å². The van der Waals surface area contributed by atoms with Crippen LogP contribution in [0.4, 0.5) is 0 Å². The Labute approximate surface area is 151 Å². The standard InChI is InChI=1S/C19H35N2.Li/c1-6-7-8-9-10-18(4)11-12-19(17(2)3)21-15-13-20(5)14-16-21;/h10,19H,2,4,6-9,11-16H2,1,3,5H3;/q-1;+1/b18-10+;. The third kappa shape index (κ3) is 8.49. The van der Waals surface area contributed by atoms with Gasteiger partial charge in [0.2, 0.25) is 0 Å². The molecular weight excluding hydrogens is 263 g/mol. The second kappa shape index (κ2) is 12.3. The predicted molar refractivity (Wildman–Crippen MR) is 94.5 cm³/mol. The van der Waals surface area contributed by atoms with Gasteiger partial charge in [-0.3, -0.25) is 4.90 Å². The van der Waals surface area contributed by atoms with Crippen LogP contribution in [0.2, 0.25) is 0 Å². The van der Waals surface area contributed by atoms with Crippen molar-refractivity contribution >= 4 is 0 Å². The van der Waals surface area contributed by atoms with E-state index in [-0.39, 0.29) is 18.9 Å². The zero-order valence-corrected chi connectivity index (χ0v) is 15.5. The smallest absolute Gasteiger partial charge is 0.304 e. The summed E-state index contributed by atoms with van der Waals surface area (Å²) >= 11 is 0. The van der Waals surface area contributed by atoms with Crippen LogP contribution >= 0.6 is 0 Å². The Kier molecular flexibility index (Phi) is 12.2. The molecule has 1 fully saturated rings. The van der Waals surface area contributed by atoms with Gasteiger partial charge < -0.3 is 4.90 Å². The van der Waals surface area contributed by atoms with Crippen molar-refractivity contribution in [2.24, 2.45) is 0 Å². The molecule has 1 unspecified atom stereocenters. The topological polar surface area (TPSA) is 6.48 Å². The van der Waals surface area contributed by atoms with Crippen LogP contribution in [0, 0.1) is 6.92 Å². The molecule has 0 radical (unpaired) electrons. The molecule has 0 aromatic carbocycles. The summed E-state index contributed by atoms with van der Waals surface area (Å²) in [5.74, 6) is 0. The first-order valence-electron chi connectivity index (χ1n) is 8.63. The Morgan fingerprint density at radius 2 is 1.86 bits per heavy atom. The Morgan fingerprint density at radius 1 is 1.23 bits per heavy atom. The largest absolute Gasteiger partial charge is 1.00 e. The van der Waals surface area contributed by atoms with E-state index in [1.165, 1.54) is 69.4 Å². The summed E-state index contributed by atoms with van der Waals surface area (Å²) in [6.07, 6.45) is 9.74. The molecule has 0 spiro atoms. The molecular formula is C19H35LiN2. The summed E-state index contributed by atoms with van der Waals surface area (Å²) in [6.45, 7) is 17.6. The zero-order valence-electron chi connectivity index (χ0n) is 15.5. The molecule has 1 aliphatic rings. The fourth-order valence-corrected chi connectivity index (χ4v) is 3.00. The molecule has 0 N–H and O–H groups in total. The third-order valence-corrected chi connectivity index (χ3v) is 4.53. The normalized spacial score (nSPS) is 18.8. The van der Waals surface area contributed by atoms with Crippen molar-refractivity contribution in [3.8, 4) is 0 Å². The quantitative estimate of drug-likeness (QED) is 0.274. The summed E-state index contributed by atoms with van der Waals surface area (Å²) in [5, 5.41) is 0. The molecule has 2 nitrogen and oxygen atoms in total. The fourth-order valence-electron chi connectivity index (χ4n) is 3.00. The van der Waals surface area contributed by atoms with Gasteiger partial charge in [-0.1, -0.05) is 44.8 Å². The van der Waals surface area contributed by atoms with E-state index >= 15 is 0 Å². The van der Waals surface area contributed by atoms with E-state index in [1.54, 1.807) is 0 Å². The number of hydrogen-bond acceptors (Lipinski definition) is 2. The van der Waals surface area contributed by atoms with Gasteiger partial charge in [0.05, 0.1) is 0 Å². The minimum atomic E-state index is 0. The van der Waals surface area contributed by atoms with E-state index < -0.39 is 0 Å². The van der Waals surface area contributed by atoms with Crippen molar-refractivity contribution in [2.45, 2.75) is 58.4 Å². The average molecular weight is 298 g/mol. The summed E-state index contributed by atoms with van der Waals surface area (Å²) in [6, 6.07) is 0.527. The first-order chi connectivity index (χ1) is 10.0. The van der Waals surface area contributed by atoms with Gasteiger partial charge in [0.25, 0.3) is 0 Å². The Balaban J connectivity index is 0.00000441. The van der Waals surface area contributed by atoms with Crippen LogP contribution in [0.5, 0.6) is 0 Å². The van der Waals surface area contributed by atoms with E-state index in [4.69, 9.17) is 0 Å². The van der Waals surface area contributed by atoms with Crippen LogP contribution in [0.15, 0.2) is 23.8 Å². The molecule has 1 saturated heterocycles. The maximum absolute atomic E-state index is 4.23. The maximum Gasteiger partial charge on any atom is 1.00 e. The molecule has 0 saturated carbocycles. The molecule has 1 aliphatic heterocycles. The van der Waals surface area contributed by atoms with Gasteiger partial charge in [-0.15, -0.1) is 6.42 Å². The Morgan fingerprint density at radius 3 is 2.41 bits per heavy atom. The number of piperazine rings is 1. The van der Waals surface area contributed by atoms with Crippen LogP contribution in [0.25, 0.3) is 0 Å². The number of allylic oxidation sites excluding steroid dienone is 2. The van der Waals surface area contributed by atoms with E-state index in [9.17, 15) is 0 Å². The van der Waals surface area contributed by atoms with E-state index in [0.29, 0.717) is 6.04 Å². The van der Waals surface area contributed by atoms with E-state index in [0.717, 1.165) is 6.42 Å². The van der Waals surface area contributed by atoms with Gasteiger partial charge in [0.15, 0.2) is 0 Å². The van der Waals surface area contributed by atoms with Crippen LogP contribution in [0.1, 0.15) is 52.4 Å². The molecule has 1 heterocycles. The molecule has 1 atom stereocenters. The number of rotatable bonds is 9.